The zero-order valence-corrected chi connectivity index (χ0v) is 13.3. The molecule has 5 heteroatoms. The number of piperidine rings is 1. The van der Waals surface area contributed by atoms with Crippen molar-refractivity contribution in [3.63, 3.8) is 0 Å². The van der Waals surface area contributed by atoms with Gasteiger partial charge in [0.25, 0.3) is 11.8 Å². The van der Waals surface area contributed by atoms with Crippen molar-refractivity contribution in [1.82, 2.24) is 15.2 Å². The molecule has 1 saturated heterocycles. The molecular weight excluding hydrogens is 302 g/mol. The van der Waals surface area contributed by atoms with Gasteiger partial charge in [0.15, 0.2) is 0 Å². The molecule has 1 aliphatic carbocycles. The number of carbonyl (C=O) groups is 2. The van der Waals surface area contributed by atoms with Crippen LogP contribution in [0.4, 0.5) is 0 Å². The van der Waals surface area contributed by atoms with Gasteiger partial charge in [-0.05, 0) is 43.0 Å². The van der Waals surface area contributed by atoms with Crippen molar-refractivity contribution in [2.75, 3.05) is 6.54 Å². The molecule has 122 valence electrons. The predicted molar refractivity (Wildman–Crippen MR) is 89.5 cm³/mol. The van der Waals surface area contributed by atoms with E-state index in [-0.39, 0.29) is 23.9 Å². The van der Waals surface area contributed by atoms with E-state index in [1.807, 2.05) is 35.2 Å². The Kier molecular flexibility index (Phi) is 3.76. The minimum Gasteiger partial charge on any atom is -0.349 e. The van der Waals surface area contributed by atoms with Crippen molar-refractivity contribution >= 4 is 11.8 Å². The van der Waals surface area contributed by atoms with Gasteiger partial charge in [-0.25, -0.2) is 0 Å². The first-order valence-electron chi connectivity index (χ1n) is 8.29. The monoisotopic (exact) mass is 321 g/mol. The van der Waals surface area contributed by atoms with Crippen molar-refractivity contribution in [1.29, 1.82) is 0 Å². The zero-order valence-electron chi connectivity index (χ0n) is 13.3. The van der Waals surface area contributed by atoms with Gasteiger partial charge in [0.1, 0.15) is 0 Å². The summed E-state index contributed by atoms with van der Waals surface area (Å²) in [5.41, 5.74) is 1.37. The summed E-state index contributed by atoms with van der Waals surface area (Å²) in [6, 6.07) is 13.2. The van der Waals surface area contributed by atoms with Gasteiger partial charge in [0.05, 0.1) is 0 Å². The summed E-state index contributed by atoms with van der Waals surface area (Å²) in [5.74, 6) is 0.381. The first kappa shape index (κ1) is 14.9. The summed E-state index contributed by atoms with van der Waals surface area (Å²) < 4.78 is 0. The number of nitrogens with one attached hydrogen (secondary N) is 1. The van der Waals surface area contributed by atoms with Gasteiger partial charge >= 0.3 is 0 Å². The van der Waals surface area contributed by atoms with E-state index in [4.69, 9.17) is 0 Å². The summed E-state index contributed by atoms with van der Waals surface area (Å²) in [7, 11) is 0. The number of fused-ring (bicyclic) bond motifs is 2. The van der Waals surface area contributed by atoms with Gasteiger partial charge < -0.3 is 10.2 Å². The van der Waals surface area contributed by atoms with Crippen molar-refractivity contribution in [3.05, 3.63) is 66.0 Å². The van der Waals surface area contributed by atoms with Gasteiger partial charge in [-0.3, -0.25) is 14.6 Å². The fraction of sp³-hybridized carbons (Fsp3) is 0.316. The van der Waals surface area contributed by atoms with Crippen LogP contribution in [0.1, 0.15) is 33.6 Å². The Morgan fingerprint density at radius 2 is 1.75 bits per heavy atom. The normalized spacial score (nSPS) is 24.8. The number of hydrogen-bond donors (Lipinski definition) is 1. The van der Waals surface area contributed by atoms with Crippen LogP contribution in [0, 0.1) is 5.92 Å². The number of aromatic nitrogens is 1. The topological polar surface area (TPSA) is 62.3 Å². The van der Waals surface area contributed by atoms with Crippen LogP contribution in [0.3, 0.4) is 0 Å². The zero-order chi connectivity index (χ0) is 16.5. The number of pyridine rings is 1. The highest BCUT2D eigenvalue weighted by molar-refractivity contribution is 5.95. The number of nitrogens with zero attached hydrogens (tertiary/aromatic N) is 2. The van der Waals surface area contributed by atoms with Gasteiger partial charge in [-0.15, -0.1) is 0 Å². The second-order valence-electron chi connectivity index (χ2n) is 6.52. The maximum Gasteiger partial charge on any atom is 0.254 e. The van der Waals surface area contributed by atoms with Crippen LogP contribution in [0.2, 0.25) is 0 Å². The van der Waals surface area contributed by atoms with E-state index in [1.54, 1.807) is 24.5 Å². The van der Waals surface area contributed by atoms with Crippen LogP contribution in [-0.4, -0.2) is 40.3 Å². The highest BCUT2D eigenvalue weighted by Crippen LogP contribution is 2.38. The van der Waals surface area contributed by atoms with Crippen LogP contribution >= 0.6 is 0 Å². The summed E-state index contributed by atoms with van der Waals surface area (Å²) in [6.45, 7) is 0.714. The molecule has 2 aliphatic rings. The summed E-state index contributed by atoms with van der Waals surface area (Å²) >= 11 is 0. The minimum atomic E-state index is -0.0276. The quantitative estimate of drug-likeness (QED) is 0.942. The molecule has 2 amide bonds. The molecule has 24 heavy (non-hydrogen) atoms. The molecule has 5 nitrogen and oxygen atoms in total. The smallest absolute Gasteiger partial charge is 0.254 e. The third-order valence-electron chi connectivity index (χ3n) is 5.08. The summed E-state index contributed by atoms with van der Waals surface area (Å²) in [6.07, 6.45) is 5.09. The lowest BCUT2D eigenvalue weighted by Gasteiger charge is -2.32. The molecule has 2 aromatic rings. The number of likely N-dealkylation sites (tertiary alicyclic amines) is 1. The molecule has 2 bridgehead atoms. The molecule has 1 aromatic carbocycles. The maximum absolute atomic E-state index is 12.6. The Bertz CT molecular complexity index is 748. The van der Waals surface area contributed by atoms with Crippen LogP contribution in [-0.2, 0) is 0 Å². The van der Waals surface area contributed by atoms with Crippen LogP contribution < -0.4 is 5.32 Å². The van der Waals surface area contributed by atoms with Crippen LogP contribution in [0.5, 0.6) is 0 Å². The minimum absolute atomic E-state index is 0.0276. The second-order valence-corrected chi connectivity index (χ2v) is 6.52. The molecule has 1 aromatic heterocycles. The lowest BCUT2D eigenvalue weighted by atomic mass is 10.0. The largest absolute Gasteiger partial charge is 0.349 e. The Morgan fingerprint density at radius 3 is 2.42 bits per heavy atom. The van der Waals surface area contributed by atoms with Crippen molar-refractivity contribution < 1.29 is 9.59 Å². The average molecular weight is 321 g/mol. The molecule has 2 fully saturated rings. The number of rotatable bonds is 3. The van der Waals surface area contributed by atoms with Gasteiger partial charge in [0, 0.05) is 42.1 Å². The predicted octanol–water partition coefficient (Wildman–Crippen LogP) is 2.11. The van der Waals surface area contributed by atoms with E-state index in [9.17, 15) is 9.59 Å². The van der Waals surface area contributed by atoms with Gasteiger partial charge in [-0.2, -0.15) is 0 Å². The van der Waals surface area contributed by atoms with E-state index in [1.165, 1.54) is 0 Å². The highest BCUT2D eigenvalue weighted by Gasteiger charge is 2.47. The molecule has 1 N–H and O–H groups in total. The first-order chi connectivity index (χ1) is 11.7. The third-order valence-corrected chi connectivity index (χ3v) is 5.08. The second kappa shape index (κ2) is 6.07. The van der Waals surface area contributed by atoms with Crippen LogP contribution in [0.15, 0.2) is 54.9 Å². The fourth-order valence-corrected chi connectivity index (χ4v) is 3.88. The SMILES string of the molecule is O=C(N[C@H]1C[C@@H]2C[C@H]1CN2C(=O)c1ccncc1)c1ccccc1. The van der Waals surface area contributed by atoms with Crippen molar-refractivity contribution in [3.8, 4) is 0 Å². The molecule has 1 aliphatic heterocycles. The van der Waals surface area contributed by atoms with Gasteiger partial charge in [0.2, 0.25) is 0 Å². The number of carbonyl (C=O) groups excluding carboxylic acids is 2. The number of amides is 2. The third kappa shape index (κ3) is 2.66. The summed E-state index contributed by atoms with van der Waals surface area (Å²) in [4.78, 5) is 30.8. The van der Waals surface area contributed by atoms with Crippen molar-refractivity contribution in [2.45, 2.75) is 24.9 Å². The van der Waals surface area contributed by atoms with E-state index >= 15 is 0 Å². The average Bonchev–Trinajstić information content (AvgIpc) is 3.23. The molecule has 0 radical (unpaired) electrons. The van der Waals surface area contributed by atoms with E-state index < -0.39 is 0 Å². The fourth-order valence-electron chi connectivity index (χ4n) is 3.88. The lowest BCUT2D eigenvalue weighted by molar-refractivity contribution is 0.0679. The maximum atomic E-state index is 12.6. The Hall–Kier alpha value is -2.69. The summed E-state index contributed by atoms with van der Waals surface area (Å²) in [5, 5.41) is 3.14. The Labute approximate surface area is 140 Å². The Balaban J connectivity index is 1.40. The Morgan fingerprint density at radius 1 is 1.00 bits per heavy atom. The van der Waals surface area contributed by atoms with Gasteiger partial charge in [-0.1, -0.05) is 18.2 Å². The molecule has 0 unspecified atom stereocenters. The standard InChI is InChI=1S/C19H19N3O2/c23-18(13-4-2-1-3-5-13)21-17-11-16-10-15(17)12-22(16)19(24)14-6-8-20-9-7-14/h1-9,15-17H,10-12H2,(H,21,23)/t15-,16-,17-/m0/s1. The molecular formula is C19H19N3O2. The number of benzene rings is 1. The molecule has 1 saturated carbocycles. The van der Waals surface area contributed by atoms with E-state index in [0.717, 1.165) is 12.8 Å². The molecule has 4 rings (SSSR count). The number of hydrogen-bond acceptors (Lipinski definition) is 3. The van der Waals surface area contributed by atoms with E-state index in [2.05, 4.69) is 10.3 Å². The van der Waals surface area contributed by atoms with Crippen molar-refractivity contribution in [2.24, 2.45) is 5.92 Å². The van der Waals surface area contributed by atoms with Crippen LogP contribution in [0.25, 0.3) is 0 Å². The molecule has 0 spiro atoms. The van der Waals surface area contributed by atoms with E-state index in [0.29, 0.717) is 23.6 Å². The molecule has 2 heterocycles. The lowest BCUT2D eigenvalue weighted by Crippen LogP contribution is -2.47. The highest BCUT2D eigenvalue weighted by atomic mass is 16.2. The molecule has 3 atom stereocenters. The first-order valence-corrected chi connectivity index (χ1v) is 8.29.